The van der Waals surface area contributed by atoms with Crippen LogP contribution in [0.15, 0.2) is 18.2 Å². The van der Waals surface area contributed by atoms with Crippen molar-refractivity contribution in [3.8, 4) is 0 Å². The molecule has 76 valence electrons. The molecule has 1 atom stereocenters. The van der Waals surface area contributed by atoms with Crippen LogP contribution < -0.4 is 0 Å². The highest BCUT2D eigenvalue weighted by Gasteiger charge is 2.39. The summed E-state index contributed by atoms with van der Waals surface area (Å²) in [4.78, 5) is 33.7. The maximum atomic E-state index is 12.8. The first-order valence-electron chi connectivity index (χ1n) is 4.12. The Hall–Kier alpha value is -1.88. The number of fused-ring (bicyclic) bond motifs is 1. The Labute approximate surface area is 83.3 Å². The van der Waals surface area contributed by atoms with Gasteiger partial charge in [0.05, 0.1) is 0 Å². The number of hydrogen-bond donors (Lipinski definition) is 1. The molecule has 1 N–H and O–H groups in total. The van der Waals surface area contributed by atoms with Gasteiger partial charge in [-0.3, -0.25) is 14.4 Å². The lowest BCUT2D eigenvalue weighted by Crippen LogP contribution is -2.41. The maximum Gasteiger partial charge on any atom is 0.239 e. The molecule has 4 nitrogen and oxygen atoms in total. The Bertz CT molecular complexity index is 492. The van der Waals surface area contributed by atoms with Crippen LogP contribution in [0.4, 0.5) is 4.39 Å². The van der Waals surface area contributed by atoms with E-state index in [1.165, 1.54) is 0 Å². The van der Waals surface area contributed by atoms with Crippen molar-refractivity contribution in [2.24, 2.45) is 0 Å². The number of carbonyl (C=O) groups is 3. The van der Waals surface area contributed by atoms with E-state index in [4.69, 9.17) is 5.11 Å². The number of aliphatic hydroxyl groups is 1. The second kappa shape index (κ2) is 3.06. The number of ketones is 3. The highest BCUT2D eigenvalue weighted by Crippen LogP contribution is 2.20. The molecular formula is C10H5FO4. The normalized spacial score (nSPS) is 20.4. The number of rotatable bonds is 0. The van der Waals surface area contributed by atoms with Gasteiger partial charge < -0.3 is 5.11 Å². The van der Waals surface area contributed by atoms with Crippen LogP contribution in [0.1, 0.15) is 20.7 Å². The summed E-state index contributed by atoms with van der Waals surface area (Å²) >= 11 is 0. The topological polar surface area (TPSA) is 71.4 Å². The fourth-order valence-corrected chi connectivity index (χ4v) is 1.44. The predicted molar refractivity (Wildman–Crippen MR) is 46.1 cm³/mol. The summed E-state index contributed by atoms with van der Waals surface area (Å²) in [7, 11) is 0. The van der Waals surface area contributed by atoms with Gasteiger partial charge in [0, 0.05) is 11.1 Å². The molecule has 0 fully saturated rings. The molecule has 0 aliphatic heterocycles. The van der Waals surface area contributed by atoms with Crippen LogP contribution in [-0.4, -0.2) is 28.6 Å². The van der Waals surface area contributed by atoms with Gasteiger partial charge in [-0.2, -0.15) is 0 Å². The van der Waals surface area contributed by atoms with Crippen molar-refractivity contribution in [3.05, 3.63) is 35.1 Å². The maximum absolute atomic E-state index is 12.8. The Morgan fingerprint density at radius 2 is 1.73 bits per heavy atom. The summed E-state index contributed by atoms with van der Waals surface area (Å²) in [6.07, 6.45) is -1.95. The van der Waals surface area contributed by atoms with Crippen LogP contribution in [0, 0.1) is 5.82 Å². The number of aliphatic hydroxyl groups excluding tert-OH is 1. The van der Waals surface area contributed by atoms with Crippen LogP contribution in [-0.2, 0) is 4.79 Å². The minimum Gasteiger partial charge on any atom is -0.377 e. The van der Waals surface area contributed by atoms with Gasteiger partial charge in [-0.05, 0) is 18.2 Å². The lowest BCUT2D eigenvalue weighted by atomic mass is 9.87. The molecule has 5 heteroatoms. The van der Waals surface area contributed by atoms with Gasteiger partial charge in [-0.1, -0.05) is 0 Å². The molecule has 0 radical (unpaired) electrons. The van der Waals surface area contributed by atoms with E-state index in [1.54, 1.807) is 0 Å². The monoisotopic (exact) mass is 208 g/mol. The molecule has 0 saturated heterocycles. The van der Waals surface area contributed by atoms with Gasteiger partial charge in [0.2, 0.25) is 11.6 Å². The molecule has 0 bridgehead atoms. The van der Waals surface area contributed by atoms with Crippen molar-refractivity contribution >= 4 is 17.3 Å². The fourth-order valence-electron chi connectivity index (χ4n) is 1.44. The highest BCUT2D eigenvalue weighted by molar-refractivity contribution is 6.52. The Morgan fingerprint density at radius 1 is 1.07 bits per heavy atom. The van der Waals surface area contributed by atoms with Crippen molar-refractivity contribution in [2.75, 3.05) is 0 Å². The average molecular weight is 208 g/mol. The molecule has 2 rings (SSSR count). The molecule has 1 aromatic carbocycles. The Balaban J connectivity index is 2.69. The van der Waals surface area contributed by atoms with Crippen molar-refractivity contribution in [1.29, 1.82) is 0 Å². The Morgan fingerprint density at radius 3 is 2.40 bits per heavy atom. The molecule has 1 aliphatic carbocycles. The third-order valence-electron chi connectivity index (χ3n) is 2.21. The molecule has 15 heavy (non-hydrogen) atoms. The van der Waals surface area contributed by atoms with E-state index in [2.05, 4.69) is 0 Å². The molecule has 0 saturated carbocycles. The van der Waals surface area contributed by atoms with E-state index >= 15 is 0 Å². The molecule has 0 heterocycles. The van der Waals surface area contributed by atoms with Gasteiger partial charge in [0.25, 0.3) is 0 Å². The molecular weight excluding hydrogens is 203 g/mol. The van der Waals surface area contributed by atoms with E-state index < -0.39 is 29.3 Å². The van der Waals surface area contributed by atoms with Crippen molar-refractivity contribution in [1.82, 2.24) is 0 Å². The van der Waals surface area contributed by atoms with Gasteiger partial charge >= 0.3 is 0 Å². The van der Waals surface area contributed by atoms with E-state index in [9.17, 15) is 18.8 Å². The molecule has 1 unspecified atom stereocenters. The SMILES string of the molecule is O=C1C(=O)C(O)C(=O)c2ccc(F)cc21. The van der Waals surface area contributed by atoms with Crippen molar-refractivity contribution < 1.29 is 23.9 Å². The van der Waals surface area contributed by atoms with Crippen molar-refractivity contribution in [2.45, 2.75) is 6.10 Å². The lowest BCUT2D eigenvalue weighted by Gasteiger charge is -2.16. The standard InChI is InChI=1S/C10H5FO4/c11-4-1-2-5-6(3-4)8(13)10(15)9(14)7(5)12/h1-3,9,14H. The first kappa shape index (κ1) is 9.67. The Kier molecular flexibility index (Phi) is 1.97. The minimum atomic E-state index is -1.95. The fraction of sp³-hybridized carbons (Fsp3) is 0.100. The second-order valence-electron chi connectivity index (χ2n) is 3.15. The zero-order valence-corrected chi connectivity index (χ0v) is 7.36. The van der Waals surface area contributed by atoms with E-state index in [0.717, 1.165) is 18.2 Å². The van der Waals surface area contributed by atoms with Crippen molar-refractivity contribution in [3.63, 3.8) is 0 Å². The van der Waals surface area contributed by atoms with Crippen LogP contribution in [0.25, 0.3) is 0 Å². The van der Waals surface area contributed by atoms with Crippen LogP contribution in [0.2, 0.25) is 0 Å². The molecule has 1 aromatic rings. The van der Waals surface area contributed by atoms with Gasteiger partial charge in [-0.15, -0.1) is 0 Å². The highest BCUT2D eigenvalue weighted by atomic mass is 19.1. The smallest absolute Gasteiger partial charge is 0.239 e. The predicted octanol–water partition coefficient (Wildman–Crippen LogP) is 0.135. The second-order valence-corrected chi connectivity index (χ2v) is 3.15. The van der Waals surface area contributed by atoms with Gasteiger partial charge in [-0.25, -0.2) is 4.39 Å². The van der Waals surface area contributed by atoms with Gasteiger partial charge in [0.1, 0.15) is 5.82 Å². The largest absolute Gasteiger partial charge is 0.377 e. The minimum absolute atomic E-state index is 0.117. The number of hydrogen-bond acceptors (Lipinski definition) is 4. The van der Waals surface area contributed by atoms with E-state index in [-0.39, 0.29) is 11.1 Å². The number of halogens is 1. The number of carbonyl (C=O) groups excluding carboxylic acids is 3. The third kappa shape index (κ3) is 1.28. The number of Topliss-reactive ketones (excluding diaryl/α,β-unsaturated/α-hetero) is 3. The zero-order chi connectivity index (χ0) is 11.2. The average Bonchev–Trinajstić information content (AvgIpc) is 2.23. The molecule has 0 amide bonds. The van der Waals surface area contributed by atoms with E-state index in [0.29, 0.717) is 0 Å². The molecule has 1 aliphatic rings. The summed E-state index contributed by atoms with van der Waals surface area (Å²) in [6, 6.07) is 2.90. The lowest BCUT2D eigenvalue weighted by molar-refractivity contribution is -0.120. The quantitative estimate of drug-likeness (QED) is 0.486. The van der Waals surface area contributed by atoms with E-state index in [1.807, 2.05) is 0 Å². The summed E-state index contributed by atoms with van der Waals surface area (Å²) in [5, 5.41) is 9.12. The number of benzene rings is 1. The van der Waals surface area contributed by atoms with Crippen LogP contribution >= 0.6 is 0 Å². The zero-order valence-electron chi connectivity index (χ0n) is 7.36. The van der Waals surface area contributed by atoms with Gasteiger partial charge in [0.15, 0.2) is 11.9 Å². The molecule has 0 aromatic heterocycles. The summed E-state index contributed by atoms with van der Waals surface area (Å²) < 4.78 is 12.8. The summed E-state index contributed by atoms with van der Waals surface area (Å²) in [5.74, 6) is -3.82. The molecule has 0 spiro atoms. The van der Waals surface area contributed by atoms with Crippen LogP contribution in [0.3, 0.4) is 0 Å². The first-order valence-corrected chi connectivity index (χ1v) is 4.12. The first-order chi connectivity index (χ1) is 7.02. The third-order valence-corrected chi connectivity index (χ3v) is 2.21. The van der Waals surface area contributed by atoms with Crippen LogP contribution in [0.5, 0.6) is 0 Å². The summed E-state index contributed by atoms with van der Waals surface area (Å²) in [6.45, 7) is 0. The summed E-state index contributed by atoms with van der Waals surface area (Å²) in [5.41, 5.74) is -0.399.